The minimum atomic E-state index is -1.16. The van der Waals surface area contributed by atoms with Crippen molar-refractivity contribution in [2.45, 2.75) is 6.10 Å². The van der Waals surface area contributed by atoms with Crippen LogP contribution in [0, 0.1) is 11.6 Å². The van der Waals surface area contributed by atoms with Gasteiger partial charge in [-0.05, 0) is 42.0 Å². The predicted octanol–water partition coefficient (Wildman–Crippen LogP) is 3.94. The second kappa shape index (κ2) is 6.70. The number of furan rings is 1. The summed E-state index contributed by atoms with van der Waals surface area (Å²) in [7, 11) is 0. The van der Waals surface area contributed by atoms with Gasteiger partial charge in [-0.15, -0.1) is 0 Å². The molecule has 0 radical (unpaired) electrons. The van der Waals surface area contributed by atoms with E-state index in [0.29, 0.717) is 5.58 Å². The van der Waals surface area contributed by atoms with Crippen LogP contribution in [0.25, 0.3) is 11.0 Å². The van der Waals surface area contributed by atoms with Crippen molar-refractivity contribution in [1.82, 2.24) is 5.32 Å². The zero-order valence-corrected chi connectivity index (χ0v) is 13.8. The lowest BCUT2D eigenvalue weighted by molar-refractivity contribution is 0.0891. The van der Waals surface area contributed by atoms with Crippen LogP contribution < -0.4 is 5.32 Å². The smallest absolute Gasteiger partial charge is 0.287 e. The molecule has 1 aromatic heterocycles. The van der Waals surface area contributed by atoms with Gasteiger partial charge in [0.15, 0.2) is 17.4 Å². The van der Waals surface area contributed by atoms with E-state index in [9.17, 15) is 18.7 Å². The summed E-state index contributed by atoms with van der Waals surface area (Å²) < 4.78 is 32.3. The van der Waals surface area contributed by atoms with E-state index in [0.717, 1.165) is 22.0 Å². The Balaban J connectivity index is 1.68. The van der Waals surface area contributed by atoms with Crippen molar-refractivity contribution >= 4 is 32.8 Å². The Morgan fingerprint density at radius 2 is 1.96 bits per heavy atom. The number of carbonyl (C=O) groups is 1. The van der Waals surface area contributed by atoms with E-state index in [1.807, 2.05) is 6.07 Å². The Kier molecular flexibility index (Phi) is 4.64. The van der Waals surface area contributed by atoms with E-state index in [1.165, 1.54) is 6.07 Å². The molecule has 0 bridgehead atoms. The lowest BCUT2D eigenvalue weighted by Crippen LogP contribution is -2.28. The molecule has 1 unspecified atom stereocenters. The lowest BCUT2D eigenvalue weighted by atomic mass is 10.1. The van der Waals surface area contributed by atoms with Gasteiger partial charge in [-0.1, -0.05) is 22.0 Å². The highest BCUT2D eigenvalue weighted by Gasteiger charge is 2.16. The molecule has 3 aromatic rings. The molecule has 1 atom stereocenters. The monoisotopic (exact) mass is 395 g/mol. The van der Waals surface area contributed by atoms with E-state index in [-0.39, 0.29) is 17.9 Å². The number of benzene rings is 2. The van der Waals surface area contributed by atoms with Gasteiger partial charge in [0.25, 0.3) is 5.91 Å². The van der Waals surface area contributed by atoms with E-state index in [4.69, 9.17) is 4.42 Å². The summed E-state index contributed by atoms with van der Waals surface area (Å²) in [6, 6.07) is 9.99. The van der Waals surface area contributed by atoms with Crippen LogP contribution in [0.5, 0.6) is 0 Å². The van der Waals surface area contributed by atoms with Crippen molar-refractivity contribution in [2.24, 2.45) is 0 Å². The lowest BCUT2D eigenvalue weighted by Gasteiger charge is -2.11. The Hall–Kier alpha value is -2.25. The van der Waals surface area contributed by atoms with Gasteiger partial charge < -0.3 is 14.8 Å². The Bertz CT molecular complexity index is 910. The highest BCUT2D eigenvalue weighted by Crippen LogP contribution is 2.23. The third kappa shape index (κ3) is 3.47. The third-order valence-electron chi connectivity index (χ3n) is 3.49. The van der Waals surface area contributed by atoms with Crippen LogP contribution in [-0.2, 0) is 0 Å². The molecule has 0 saturated carbocycles. The normalized spacial score (nSPS) is 12.3. The molecule has 124 valence electrons. The van der Waals surface area contributed by atoms with Crippen molar-refractivity contribution in [1.29, 1.82) is 0 Å². The molecule has 0 saturated heterocycles. The van der Waals surface area contributed by atoms with Crippen molar-refractivity contribution in [3.63, 3.8) is 0 Å². The van der Waals surface area contributed by atoms with E-state index in [1.54, 1.807) is 18.2 Å². The molecular weight excluding hydrogens is 384 g/mol. The molecule has 0 fully saturated rings. The highest BCUT2D eigenvalue weighted by atomic mass is 79.9. The zero-order valence-electron chi connectivity index (χ0n) is 12.2. The average molecular weight is 396 g/mol. The molecule has 1 heterocycles. The molecule has 2 N–H and O–H groups in total. The first-order chi connectivity index (χ1) is 11.4. The van der Waals surface area contributed by atoms with Crippen LogP contribution in [-0.4, -0.2) is 17.6 Å². The molecule has 4 nitrogen and oxygen atoms in total. The van der Waals surface area contributed by atoms with Gasteiger partial charge in [0.1, 0.15) is 5.58 Å². The summed E-state index contributed by atoms with van der Waals surface area (Å²) in [6.07, 6.45) is -1.16. The molecule has 1 amide bonds. The number of rotatable bonds is 4. The first-order valence-electron chi connectivity index (χ1n) is 7.04. The number of aliphatic hydroxyl groups excluding tert-OH is 1. The average Bonchev–Trinajstić information content (AvgIpc) is 2.98. The Labute approximate surface area is 144 Å². The second-order valence-corrected chi connectivity index (χ2v) is 6.11. The predicted molar refractivity (Wildman–Crippen MR) is 87.6 cm³/mol. The molecule has 3 rings (SSSR count). The number of hydrogen-bond donors (Lipinski definition) is 2. The summed E-state index contributed by atoms with van der Waals surface area (Å²) in [5, 5.41) is 13.2. The fraction of sp³-hybridized carbons (Fsp3) is 0.118. The van der Waals surface area contributed by atoms with Crippen LogP contribution in [0.1, 0.15) is 22.2 Å². The Morgan fingerprint density at radius 3 is 2.71 bits per heavy atom. The SMILES string of the molecule is O=C(NCC(O)c1ccc(F)c(F)c1)c1cc2cc(Br)ccc2o1. The van der Waals surface area contributed by atoms with Crippen LogP contribution in [0.3, 0.4) is 0 Å². The van der Waals surface area contributed by atoms with Gasteiger partial charge >= 0.3 is 0 Å². The van der Waals surface area contributed by atoms with E-state index < -0.39 is 23.6 Å². The van der Waals surface area contributed by atoms with Gasteiger partial charge in [-0.3, -0.25) is 4.79 Å². The maximum atomic E-state index is 13.2. The number of amides is 1. The first-order valence-corrected chi connectivity index (χ1v) is 7.83. The van der Waals surface area contributed by atoms with Gasteiger partial charge in [0.05, 0.1) is 6.10 Å². The van der Waals surface area contributed by atoms with Gasteiger partial charge in [-0.25, -0.2) is 8.78 Å². The second-order valence-electron chi connectivity index (χ2n) is 5.19. The van der Waals surface area contributed by atoms with Crippen LogP contribution >= 0.6 is 15.9 Å². The summed E-state index contributed by atoms with van der Waals surface area (Å²) in [5.74, 6) is -2.46. The summed E-state index contributed by atoms with van der Waals surface area (Å²) in [6.45, 7) is -0.162. The molecule has 7 heteroatoms. The van der Waals surface area contributed by atoms with Crippen molar-refractivity contribution in [3.8, 4) is 0 Å². The van der Waals surface area contributed by atoms with Gasteiger partial charge in [0.2, 0.25) is 0 Å². The first kappa shape index (κ1) is 16.6. The number of halogens is 3. The van der Waals surface area contributed by atoms with Crippen molar-refractivity contribution in [3.05, 3.63) is 69.9 Å². The largest absolute Gasteiger partial charge is 0.451 e. The number of fused-ring (bicyclic) bond motifs is 1. The van der Waals surface area contributed by atoms with Crippen LogP contribution in [0.2, 0.25) is 0 Å². The standard InChI is InChI=1S/C17H12BrF2NO3/c18-11-2-4-15-10(5-11)7-16(24-15)17(23)21-8-14(22)9-1-3-12(19)13(20)6-9/h1-7,14,22H,8H2,(H,21,23). The quantitative estimate of drug-likeness (QED) is 0.703. The molecule has 0 spiro atoms. The van der Waals surface area contributed by atoms with Gasteiger partial charge in [0, 0.05) is 16.4 Å². The maximum absolute atomic E-state index is 13.2. The van der Waals surface area contributed by atoms with Crippen LogP contribution in [0.15, 0.2) is 51.4 Å². The number of hydrogen-bond acceptors (Lipinski definition) is 3. The molecule has 0 aliphatic carbocycles. The van der Waals surface area contributed by atoms with Crippen molar-refractivity contribution in [2.75, 3.05) is 6.54 Å². The Morgan fingerprint density at radius 1 is 1.17 bits per heavy atom. The fourth-order valence-electron chi connectivity index (χ4n) is 2.24. The van der Waals surface area contributed by atoms with Crippen LogP contribution in [0.4, 0.5) is 8.78 Å². The minimum Gasteiger partial charge on any atom is -0.451 e. The summed E-state index contributed by atoms with van der Waals surface area (Å²) in [4.78, 5) is 12.1. The summed E-state index contributed by atoms with van der Waals surface area (Å²) in [5.41, 5.74) is 0.729. The molecule has 0 aliphatic rings. The fourth-order valence-corrected chi connectivity index (χ4v) is 2.62. The van der Waals surface area contributed by atoms with Gasteiger partial charge in [-0.2, -0.15) is 0 Å². The molecule has 24 heavy (non-hydrogen) atoms. The number of carbonyl (C=O) groups excluding carboxylic acids is 1. The number of aliphatic hydroxyl groups is 1. The van der Waals surface area contributed by atoms with E-state index >= 15 is 0 Å². The third-order valence-corrected chi connectivity index (χ3v) is 3.98. The van der Waals surface area contributed by atoms with E-state index in [2.05, 4.69) is 21.2 Å². The topological polar surface area (TPSA) is 62.5 Å². The maximum Gasteiger partial charge on any atom is 0.287 e. The van der Waals surface area contributed by atoms with Crippen molar-refractivity contribution < 1.29 is 23.1 Å². The molecular formula is C17H12BrF2NO3. The molecule has 2 aromatic carbocycles. The number of nitrogens with one attached hydrogen (secondary N) is 1. The summed E-state index contributed by atoms with van der Waals surface area (Å²) >= 11 is 3.33. The zero-order chi connectivity index (χ0) is 17.3. The molecule has 0 aliphatic heterocycles. The minimum absolute atomic E-state index is 0.0978. The highest BCUT2D eigenvalue weighted by molar-refractivity contribution is 9.10.